The van der Waals surface area contributed by atoms with Crippen molar-refractivity contribution in [3.8, 4) is 11.1 Å². The van der Waals surface area contributed by atoms with Gasteiger partial charge in [-0.25, -0.2) is 4.79 Å². The van der Waals surface area contributed by atoms with Crippen LogP contribution in [0.3, 0.4) is 0 Å². The SMILES string of the molecule is CN(C)c1cccc(-c2ccc(CN3CCC(n4c(=O)[nH]c5ccccc54)CC3)cc2)c1. The Bertz CT molecular complexity index is 1260. The molecule has 0 atom stereocenters. The third kappa shape index (κ3) is 4.08. The molecule has 1 aliphatic rings. The predicted octanol–water partition coefficient (Wildman–Crippen LogP) is 4.90. The molecule has 0 amide bonds. The van der Waals surface area contributed by atoms with Crippen molar-refractivity contribution in [1.29, 1.82) is 0 Å². The number of hydrogen-bond donors (Lipinski definition) is 1. The van der Waals surface area contributed by atoms with E-state index in [2.05, 4.69) is 77.4 Å². The maximum absolute atomic E-state index is 12.5. The Morgan fingerprint density at radius 3 is 2.41 bits per heavy atom. The predicted molar refractivity (Wildman–Crippen MR) is 132 cm³/mol. The van der Waals surface area contributed by atoms with Crippen LogP contribution in [0.5, 0.6) is 0 Å². The minimum atomic E-state index is 0.0126. The van der Waals surface area contributed by atoms with Crippen molar-refractivity contribution in [2.75, 3.05) is 32.1 Å². The molecule has 164 valence electrons. The first-order valence-electron chi connectivity index (χ1n) is 11.4. The van der Waals surface area contributed by atoms with Crippen LogP contribution < -0.4 is 10.6 Å². The van der Waals surface area contributed by atoms with Crippen LogP contribution in [0, 0.1) is 0 Å². The molecule has 1 fully saturated rings. The first kappa shape index (κ1) is 20.6. The van der Waals surface area contributed by atoms with E-state index in [0.717, 1.165) is 43.5 Å². The van der Waals surface area contributed by atoms with Gasteiger partial charge in [0, 0.05) is 45.5 Å². The van der Waals surface area contributed by atoms with Crippen molar-refractivity contribution in [1.82, 2.24) is 14.5 Å². The second kappa shape index (κ2) is 8.67. The second-order valence-electron chi connectivity index (χ2n) is 8.97. The summed E-state index contributed by atoms with van der Waals surface area (Å²) in [5.41, 5.74) is 6.99. The molecule has 5 rings (SSSR count). The van der Waals surface area contributed by atoms with Gasteiger partial charge in [0.2, 0.25) is 0 Å². The highest BCUT2D eigenvalue weighted by molar-refractivity contribution is 5.75. The molecular formula is C27H30N4O. The smallest absolute Gasteiger partial charge is 0.326 e. The lowest BCUT2D eigenvalue weighted by Gasteiger charge is -2.32. The van der Waals surface area contributed by atoms with Crippen LogP contribution in [0.1, 0.15) is 24.4 Å². The Morgan fingerprint density at radius 1 is 0.906 bits per heavy atom. The molecule has 0 aliphatic carbocycles. The zero-order valence-corrected chi connectivity index (χ0v) is 18.8. The summed E-state index contributed by atoms with van der Waals surface area (Å²) in [6, 6.07) is 25.8. The van der Waals surface area contributed by atoms with Crippen molar-refractivity contribution in [2.45, 2.75) is 25.4 Å². The molecule has 0 radical (unpaired) electrons. The average molecular weight is 427 g/mol. The molecule has 1 aromatic heterocycles. The molecule has 2 heterocycles. The molecule has 4 aromatic rings. The lowest BCUT2D eigenvalue weighted by atomic mass is 10.0. The van der Waals surface area contributed by atoms with Gasteiger partial charge in [0.15, 0.2) is 0 Å². The number of nitrogens with zero attached hydrogens (tertiary/aromatic N) is 3. The van der Waals surface area contributed by atoms with Crippen LogP contribution in [-0.4, -0.2) is 41.6 Å². The number of anilines is 1. The Morgan fingerprint density at radius 2 is 1.66 bits per heavy atom. The molecule has 0 unspecified atom stereocenters. The number of imidazole rings is 1. The number of likely N-dealkylation sites (tertiary alicyclic amines) is 1. The van der Waals surface area contributed by atoms with Gasteiger partial charge in [0.1, 0.15) is 0 Å². The highest BCUT2D eigenvalue weighted by Crippen LogP contribution is 2.27. The number of nitrogens with one attached hydrogen (secondary N) is 1. The van der Waals surface area contributed by atoms with Crippen LogP contribution in [0.2, 0.25) is 0 Å². The van der Waals surface area contributed by atoms with Crippen molar-refractivity contribution >= 4 is 16.7 Å². The number of aromatic nitrogens is 2. The highest BCUT2D eigenvalue weighted by Gasteiger charge is 2.23. The standard InChI is InChI=1S/C27H30N4O/c1-29(2)24-7-5-6-22(18-24)21-12-10-20(11-13-21)19-30-16-14-23(15-17-30)31-26-9-4-3-8-25(26)28-27(31)32/h3-13,18,23H,14-17,19H2,1-2H3,(H,28,32). The van der Waals surface area contributed by atoms with E-state index in [4.69, 9.17) is 0 Å². The molecular weight excluding hydrogens is 396 g/mol. The Kier molecular flexibility index (Phi) is 5.58. The second-order valence-corrected chi connectivity index (χ2v) is 8.97. The fraction of sp³-hybridized carbons (Fsp3) is 0.296. The number of rotatable bonds is 5. The number of piperidine rings is 1. The van der Waals surface area contributed by atoms with E-state index >= 15 is 0 Å². The van der Waals surface area contributed by atoms with Crippen LogP contribution in [0.15, 0.2) is 77.6 Å². The van der Waals surface area contributed by atoms with Gasteiger partial charge in [0.25, 0.3) is 0 Å². The zero-order valence-electron chi connectivity index (χ0n) is 18.8. The van der Waals surface area contributed by atoms with E-state index in [1.165, 1.54) is 22.4 Å². The molecule has 1 saturated heterocycles. The third-order valence-corrected chi connectivity index (χ3v) is 6.60. The minimum Gasteiger partial charge on any atom is -0.378 e. The number of aromatic amines is 1. The summed E-state index contributed by atoms with van der Waals surface area (Å²) in [5, 5.41) is 0. The number of hydrogen-bond acceptors (Lipinski definition) is 3. The van der Waals surface area contributed by atoms with Crippen LogP contribution >= 0.6 is 0 Å². The quantitative estimate of drug-likeness (QED) is 0.494. The van der Waals surface area contributed by atoms with Crippen LogP contribution in [-0.2, 0) is 6.54 Å². The lowest BCUT2D eigenvalue weighted by molar-refractivity contribution is 0.180. The topological polar surface area (TPSA) is 44.3 Å². The lowest BCUT2D eigenvalue weighted by Crippen LogP contribution is -2.36. The molecule has 5 heteroatoms. The molecule has 1 aliphatic heterocycles. The van der Waals surface area contributed by atoms with Gasteiger partial charge >= 0.3 is 5.69 Å². The normalized spacial score (nSPS) is 15.3. The molecule has 3 aromatic carbocycles. The summed E-state index contributed by atoms with van der Waals surface area (Å²) in [7, 11) is 4.14. The first-order chi connectivity index (χ1) is 15.6. The van der Waals surface area contributed by atoms with Gasteiger partial charge in [-0.15, -0.1) is 0 Å². The molecule has 1 N–H and O–H groups in total. The first-order valence-corrected chi connectivity index (χ1v) is 11.4. The third-order valence-electron chi connectivity index (χ3n) is 6.60. The Labute approximate surface area is 188 Å². The maximum Gasteiger partial charge on any atom is 0.326 e. The van der Waals surface area contributed by atoms with Crippen molar-refractivity contribution < 1.29 is 0 Å². The van der Waals surface area contributed by atoms with E-state index in [-0.39, 0.29) is 11.7 Å². The fourth-order valence-corrected chi connectivity index (χ4v) is 4.80. The maximum atomic E-state index is 12.5. The minimum absolute atomic E-state index is 0.0126. The molecule has 0 spiro atoms. The largest absolute Gasteiger partial charge is 0.378 e. The van der Waals surface area contributed by atoms with Crippen molar-refractivity contribution in [3.05, 3.63) is 88.8 Å². The number of H-pyrrole nitrogens is 1. The van der Waals surface area contributed by atoms with E-state index < -0.39 is 0 Å². The van der Waals surface area contributed by atoms with E-state index in [0.29, 0.717) is 0 Å². The summed E-state index contributed by atoms with van der Waals surface area (Å²) < 4.78 is 1.96. The van der Waals surface area contributed by atoms with E-state index in [9.17, 15) is 4.79 Å². The van der Waals surface area contributed by atoms with Crippen molar-refractivity contribution in [3.63, 3.8) is 0 Å². The monoisotopic (exact) mass is 426 g/mol. The summed E-state index contributed by atoms with van der Waals surface area (Å²) in [4.78, 5) is 20.1. The Hall–Kier alpha value is -3.31. The average Bonchev–Trinajstić information content (AvgIpc) is 3.16. The summed E-state index contributed by atoms with van der Waals surface area (Å²) in [5.74, 6) is 0. The molecule has 5 nitrogen and oxygen atoms in total. The molecule has 0 bridgehead atoms. The summed E-state index contributed by atoms with van der Waals surface area (Å²) >= 11 is 0. The summed E-state index contributed by atoms with van der Waals surface area (Å²) in [6.45, 7) is 2.96. The van der Waals surface area contributed by atoms with Gasteiger partial charge in [-0.1, -0.05) is 48.5 Å². The van der Waals surface area contributed by atoms with Crippen LogP contribution in [0.25, 0.3) is 22.2 Å². The number of para-hydroxylation sites is 2. The Balaban J connectivity index is 1.23. The summed E-state index contributed by atoms with van der Waals surface area (Å²) in [6.07, 6.45) is 1.99. The number of benzene rings is 3. The van der Waals surface area contributed by atoms with Gasteiger partial charge in [0.05, 0.1) is 11.0 Å². The van der Waals surface area contributed by atoms with Crippen molar-refractivity contribution in [2.24, 2.45) is 0 Å². The fourth-order valence-electron chi connectivity index (χ4n) is 4.80. The number of fused-ring (bicyclic) bond motifs is 1. The highest BCUT2D eigenvalue weighted by atomic mass is 16.1. The van der Waals surface area contributed by atoms with Gasteiger partial charge in [-0.2, -0.15) is 0 Å². The van der Waals surface area contributed by atoms with E-state index in [1.807, 2.05) is 28.8 Å². The van der Waals surface area contributed by atoms with E-state index in [1.54, 1.807) is 0 Å². The van der Waals surface area contributed by atoms with Gasteiger partial charge in [-0.05, 0) is 53.8 Å². The molecule has 0 saturated carbocycles. The zero-order chi connectivity index (χ0) is 22.1. The van der Waals surface area contributed by atoms with Gasteiger partial charge < -0.3 is 9.88 Å². The van der Waals surface area contributed by atoms with Crippen LogP contribution in [0.4, 0.5) is 5.69 Å². The molecule has 32 heavy (non-hydrogen) atoms. The van der Waals surface area contributed by atoms with Gasteiger partial charge in [-0.3, -0.25) is 9.47 Å².